The molecule has 1 N–H and O–H groups in total. The summed E-state index contributed by atoms with van der Waals surface area (Å²) in [6.45, 7) is 8.43. The van der Waals surface area contributed by atoms with E-state index >= 15 is 0 Å². The monoisotopic (exact) mass is 390 g/mol. The number of hydrogen-bond acceptors (Lipinski definition) is 5. The summed E-state index contributed by atoms with van der Waals surface area (Å²) in [6.07, 6.45) is 3.65. The van der Waals surface area contributed by atoms with E-state index in [0.717, 1.165) is 25.7 Å². The average Bonchev–Trinajstić information content (AvgIpc) is 3.30. The number of amides is 1. The van der Waals surface area contributed by atoms with E-state index in [9.17, 15) is 14.4 Å². The van der Waals surface area contributed by atoms with Crippen molar-refractivity contribution >= 4 is 17.7 Å². The van der Waals surface area contributed by atoms with Crippen LogP contribution in [0.25, 0.3) is 0 Å². The fraction of sp³-hybridized carbons (Fsp3) is 0.667. The summed E-state index contributed by atoms with van der Waals surface area (Å²) in [5.74, 6) is -0.568. The smallest absolute Gasteiger partial charge is 0.355 e. The normalized spacial score (nSPS) is 20.1. The summed E-state index contributed by atoms with van der Waals surface area (Å²) in [4.78, 5) is 43.0. The van der Waals surface area contributed by atoms with Crippen LogP contribution in [0.2, 0.25) is 0 Å². The standard InChI is InChI=1S/C21H30N2O5/c1-5-27-21(26)18-12(2)17(13(3)22-18)19(24)14(4)23(20(25)15-8-9-15)11-16-7-6-10-28-16/h14-16,22H,5-11H2,1-4H3. The molecule has 28 heavy (non-hydrogen) atoms. The summed E-state index contributed by atoms with van der Waals surface area (Å²) in [5.41, 5.74) is 1.96. The number of H-pyrrole nitrogens is 1. The van der Waals surface area contributed by atoms with Gasteiger partial charge in [-0.3, -0.25) is 9.59 Å². The van der Waals surface area contributed by atoms with Gasteiger partial charge in [-0.1, -0.05) is 0 Å². The molecule has 3 rings (SSSR count). The van der Waals surface area contributed by atoms with Gasteiger partial charge in [0.15, 0.2) is 5.78 Å². The van der Waals surface area contributed by atoms with Crippen LogP contribution in [0.1, 0.15) is 71.6 Å². The van der Waals surface area contributed by atoms with E-state index in [1.54, 1.807) is 32.6 Å². The molecule has 1 amide bonds. The predicted molar refractivity (Wildman–Crippen MR) is 103 cm³/mol. The molecule has 154 valence electrons. The molecule has 1 aliphatic heterocycles. The maximum absolute atomic E-state index is 13.3. The Kier molecular flexibility index (Phi) is 6.23. The Hall–Kier alpha value is -2.15. The average molecular weight is 390 g/mol. The molecule has 7 nitrogen and oxygen atoms in total. The van der Waals surface area contributed by atoms with Crippen molar-refractivity contribution in [2.75, 3.05) is 19.8 Å². The van der Waals surface area contributed by atoms with Crippen molar-refractivity contribution in [2.24, 2.45) is 5.92 Å². The molecule has 0 bridgehead atoms. The Labute approximate surface area is 165 Å². The lowest BCUT2D eigenvalue weighted by Gasteiger charge is -2.31. The molecule has 2 aliphatic rings. The number of aromatic nitrogens is 1. The Morgan fingerprint density at radius 2 is 1.96 bits per heavy atom. The second-order valence-electron chi connectivity index (χ2n) is 7.79. The van der Waals surface area contributed by atoms with Crippen molar-refractivity contribution in [3.63, 3.8) is 0 Å². The van der Waals surface area contributed by atoms with Gasteiger partial charge in [-0.05, 0) is 58.9 Å². The second-order valence-corrected chi connectivity index (χ2v) is 7.79. The highest BCUT2D eigenvalue weighted by Crippen LogP contribution is 2.33. The van der Waals surface area contributed by atoms with Crippen molar-refractivity contribution in [1.29, 1.82) is 0 Å². The first-order valence-electron chi connectivity index (χ1n) is 10.2. The Bertz CT molecular complexity index is 759. The van der Waals surface area contributed by atoms with E-state index in [2.05, 4.69) is 4.98 Å². The van der Waals surface area contributed by atoms with Gasteiger partial charge in [0.05, 0.1) is 18.8 Å². The third kappa shape index (κ3) is 4.14. The summed E-state index contributed by atoms with van der Waals surface area (Å²) < 4.78 is 10.8. The van der Waals surface area contributed by atoms with Crippen LogP contribution in [-0.4, -0.2) is 59.4 Å². The van der Waals surface area contributed by atoms with Crippen LogP contribution < -0.4 is 0 Å². The SMILES string of the molecule is CCOC(=O)c1[nH]c(C)c(C(=O)C(C)N(CC2CCCO2)C(=O)C2CC2)c1C. The zero-order chi connectivity index (χ0) is 20.4. The number of aryl methyl sites for hydroxylation is 1. The van der Waals surface area contributed by atoms with E-state index in [1.807, 2.05) is 0 Å². The predicted octanol–water partition coefficient (Wildman–Crippen LogP) is 2.80. The Morgan fingerprint density at radius 3 is 2.54 bits per heavy atom. The number of ether oxygens (including phenoxy) is 2. The maximum Gasteiger partial charge on any atom is 0.355 e. The molecule has 2 unspecified atom stereocenters. The van der Waals surface area contributed by atoms with E-state index in [-0.39, 0.29) is 30.3 Å². The Balaban J connectivity index is 1.84. The van der Waals surface area contributed by atoms with Gasteiger partial charge in [0, 0.05) is 30.3 Å². The number of nitrogens with one attached hydrogen (secondary N) is 1. The van der Waals surface area contributed by atoms with Gasteiger partial charge in [-0.15, -0.1) is 0 Å². The number of Topliss-reactive ketones (excluding diaryl/α,β-unsaturated/α-hetero) is 1. The summed E-state index contributed by atoms with van der Waals surface area (Å²) in [7, 11) is 0. The van der Waals surface area contributed by atoms with Crippen LogP contribution >= 0.6 is 0 Å². The number of rotatable bonds is 8. The molecule has 1 saturated heterocycles. The fourth-order valence-corrected chi connectivity index (χ4v) is 3.89. The molecule has 0 spiro atoms. The topological polar surface area (TPSA) is 88.7 Å². The van der Waals surface area contributed by atoms with Gasteiger partial charge in [0.2, 0.25) is 5.91 Å². The summed E-state index contributed by atoms with van der Waals surface area (Å²) in [5, 5.41) is 0. The number of nitrogens with zero attached hydrogens (tertiary/aromatic N) is 1. The van der Waals surface area contributed by atoms with Gasteiger partial charge in [0.25, 0.3) is 0 Å². The molecule has 0 aromatic carbocycles. The molecule has 1 aliphatic carbocycles. The van der Waals surface area contributed by atoms with Crippen molar-refractivity contribution in [2.45, 2.75) is 65.5 Å². The highest BCUT2D eigenvalue weighted by Gasteiger charge is 2.39. The lowest BCUT2D eigenvalue weighted by atomic mass is 9.99. The molecule has 2 fully saturated rings. The third-order valence-electron chi connectivity index (χ3n) is 5.64. The summed E-state index contributed by atoms with van der Waals surface area (Å²) in [6, 6.07) is -0.611. The highest BCUT2D eigenvalue weighted by molar-refractivity contribution is 6.06. The minimum atomic E-state index is -0.611. The van der Waals surface area contributed by atoms with Crippen LogP contribution in [0, 0.1) is 19.8 Å². The molecule has 2 atom stereocenters. The minimum absolute atomic E-state index is 0.0125. The second kappa shape index (κ2) is 8.47. The van der Waals surface area contributed by atoms with Gasteiger partial charge in [-0.2, -0.15) is 0 Å². The quantitative estimate of drug-likeness (QED) is 0.545. The highest BCUT2D eigenvalue weighted by atomic mass is 16.5. The number of ketones is 1. The van der Waals surface area contributed by atoms with Crippen LogP contribution in [0.5, 0.6) is 0 Å². The first kappa shape index (κ1) is 20.6. The lowest BCUT2D eigenvalue weighted by molar-refractivity contribution is -0.135. The van der Waals surface area contributed by atoms with Crippen molar-refractivity contribution < 1.29 is 23.9 Å². The first-order valence-corrected chi connectivity index (χ1v) is 10.2. The fourth-order valence-electron chi connectivity index (χ4n) is 3.89. The van der Waals surface area contributed by atoms with E-state index in [0.29, 0.717) is 35.7 Å². The zero-order valence-corrected chi connectivity index (χ0v) is 17.2. The van der Waals surface area contributed by atoms with Crippen LogP contribution in [-0.2, 0) is 14.3 Å². The van der Waals surface area contributed by atoms with Crippen molar-refractivity contribution in [1.82, 2.24) is 9.88 Å². The molecule has 0 radical (unpaired) electrons. The number of esters is 1. The van der Waals surface area contributed by atoms with Crippen LogP contribution in [0.4, 0.5) is 0 Å². The van der Waals surface area contributed by atoms with Gasteiger partial charge in [-0.25, -0.2) is 4.79 Å². The molecule has 1 saturated carbocycles. The number of hydrogen-bond donors (Lipinski definition) is 1. The van der Waals surface area contributed by atoms with E-state index < -0.39 is 12.0 Å². The van der Waals surface area contributed by atoms with E-state index in [1.165, 1.54) is 0 Å². The molecule has 1 aromatic heterocycles. The van der Waals surface area contributed by atoms with E-state index in [4.69, 9.17) is 9.47 Å². The van der Waals surface area contributed by atoms with Crippen LogP contribution in [0.3, 0.4) is 0 Å². The minimum Gasteiger partial charge on any atom is -0.461 e. The molecule has 2 heterocycles. The number of carbonyl (C=O) groups is 3. The Morgan fingerprint density at radius 1 is 1.25 bits per heavy atom. The first-order chi connectivity index (χ1) is 13.3. The van der Waals surface area contributed by atoms with Gasteiger partial charge < -0.3 is 19.4 Å². The van der Waals surface area contributed by atoms with Crippen molar-refractivity contribution in [3.8, 4) is 0 Å². The lowest BCUT2D eigenvalue weighted by Crippen LogP contribution is -2.47. The molecular formula is C21H30N2O5. The number of aromatic amines is 1. The largest absolute Gasteiger partial charge is 0.461 e. The molecule has 1 aromatic rings. The maximum atomic E-state index is 13.3. The van der Waals surface area contributed by atoms with Gasteiger partial charge >= 0.3 is 5.97 Å². The molecular weight excluding hydrogens is 360 g/mol. The third-order valence-corrected chi connectivity index (χ3v) is 5.64. The molecule has 7 heteroatoms. The van der Waals surface area contributed by atoms with Crippen molar-refractivity contribution in [3.05, 3.63) is 22.5 Å². The van der Waals surface area contributed by atoms with Crippen LogP contribution in [0.15, 0.2) is 0 Å². The zero-order valence-electron chi connectivity index (χ0n) is 17.2. The number of carbonyl (C=O) groups excluding carboxylic acids is 3. The van der Waals surface area contributed by atoms with Gasteiger partial charge in [0.1, 0.15) is 5.69 Å². The summed E-state index contributed by atoms with van der Waals surface area (Å²) >= 11 is 0.